The van der Waals surface area contributed by atoms with E-state index in [0.29, 0.717) is 6.42 Å². The number of hydrogen-bond acceptors (Lipinski definition) is 1. The van der Waals surface area contributed by atoms with E-state index < -0.39 is 7.60 Å². The summed E-state index contributed by atoms with van der Waals surface area (Å²) < 4.78 is 10.8. The molecule has 0 aromatic heterocycles. The monoisotopic (exact) mass is 544 g/mol. The predicted molar refractivity (Wildman–Crippen MR) is 166 cm³/mol. The van der Waals surface area contributed by atoms with Gasteiger partial charge in [0.05, 0.1) is 0 Å². The van der Waals surface area contributed by atoms with Crippen LogP contribution in [0.25, 0.3) is 0 Å². The molecule has 0 saturated carbocycles. The third-order valence-corrected chi connectivity index (χ3v) is 8.95. The third kappa shape index (κ3) is 36.1. The molecule has 0 atom stereocenters. The van der Waals surface area contributed by atoms with Crippen molar-refractivity contribution in [3.63, 3.8) is 0 Å². The van der Waals surface area contributed by atoms with Crippen LogP contribution in [0, 0.1) is 0 Å². The van der Waals surface area contributed by atoms with Crippen molar-refractivity contribution in [2.75, 3.05) is 6.16 Å². The second-order valence-electron chi connectivity index (χ2n) is 12.0. The predicted octanol–water partition coefficient (Wildman–Crippen LogP) is 12.3. The van der Waals surface area contributed by atoms with Gasteiger partial charge in [0.1, 0.15) is 0 Å². The van der Waals surface area contributed by atoms with Crippen molar-refractivity contribution in [3.8, 4) is 0 Å². The van der Waals surface area contributed by atoms with Crippen LogP contribution >= 0.6 is 7.60 Å². The van der Waals surface area contributed by atoms with E-state index in [-0.39, 0.29) is 6.16 Å². The smallest absolute Gasteiger partial charge is 0.324 e. The fraction of sp³-hybridized carbons (Fsp3) is 1.00. The Balaban J connectivity index is 3.04. The van der Waals surface area contributed by atoms with Gasteiger partial charge in [-0.1, -0.05) is 200 Å². The van der Waals surface area contributed by atoms with E-state index in [9.17, 15) is 4.57 Å². The molecule has 0 radical (unpaired) electrons. The van der Waals surface area contributed by atoms with Gasteiger partial charge in [-0.05, 0) is 6.42 Å². The van der Waals surface area contributed by atoms with Gasteiger partial charge >= 0.3 is 7.60 Å². The van der Waals surface area contributed by atoms with E-state index in [1.54, 1.807) is 0 Å². The average molecular weight is 545 g/mol. The molecule has 0 heterocycles. The molecule has 4 heteroatoms. The third-order valence-electron chi connectivity index (χ3n) is 8.05. The molecule has 0 saturated heterocycles. The molecular weight excluding hydrogens is 475 g/mol. The van der Waals surface area contributed by atoms with Crippen LogP contribution in [0.2, 0.25) is 0 Å². The summed E-state index contributed by atoms with van der Waals surface area (Å²) >= 11 is 0. The van der Waals surface area contributed by atoms with E-state index in [0.717, 1.165) is 12.8 Å². The van der Waals surface area contributed by atoms with Gasteiger partial charge in [-0.3, -0.25) is 4.57 Å². The van der Waals surface area contributed by atoms with Crippen LogP contribution in [0.5, 0.6) is 0 Å². The van der Waals surface area contributed by atoms with Gasteiger partial charge < -0.3 is 9.79 Å². The largest absolute Gasteiger partial charge is 0.325 e. The van der Waals surface area contributed by atoms with Gasteiger partial charge in [0.15, 0.2) is 0 Å². The minimum atomic E-state index is -3.77. The lowest BCUT2D eigenvalue weighted by Gasteiger charge is -2.05. The van der Waals surface area contributed by atoms with Crippen molar-refractivity contribution in [2.24, 2.45) is 0 Å². The Hall–Kier alpha value is 0.150. The van der Waals surface area contributed by atoms with Crippen LogP contribution in [0.15, 0.2) is 0 Å². The molecule has 0 aliphatic heterocycles. The first-order valence-corrected chi connectivity index (χ1v) is 18.9. The maximum absolute atomic E-state index is 10.8. The Morgan fingerprint density at radius 2 is 0.486 bits per heavy atom. The first kappa shape index (κ1) is 37.1. The molecule has 2 N–H and O–H groups in total. The molecule has 0 aliphatic rings. The van der Waals surface area contributed by atoms with Crippen LogP contribution in [-0.2, 0) is 4.57 Å². The highest BCUT2D eigenvalue weighted by Gasteiger charge is 2.10. The maximum Gasteiger partial charge on any atom is 0.325 e. The molecule has 0 fully saturated rings. The van der Waals surface area contributed by atoms with Crippen molar-refractivity contribution < 1.29 is 14.4 Å². The zero-order chi connectivity index (χ0) is 27.1. The topological polar surface area (TPSA) is 57.5 Å². The van der Waals surface area contributed by atoms with Crippen molar-refractivity contribution in [1.82, 2.24) is 0 Å². The van der Waals surface area contributed by atoms with Crippen molar-refractivity contribution in [1.29, 1.82) is 0 Å². The van der Waals surface area contributed by atoms with E-state index in [4.69, 9.17) is 9.79 Å². The normalized spacial score (nSPS) is 12.0. The highest BCUT2D eigenvalue weighted by Crippen LogP contribution is 2.35. The van der Waals surface area contributed by atoms with Crippen molar-refractivity contribution in [3.05, 3.63) is 0 Å². The Morgan fingerprint density at radius 3 is 0.649 bits per heavy atom. The van der Waals surface area contributed by atoms with Gasteiger partial charge in [0.2, 0.25) is 0 Å². The molecular formula is C33H69O3P. The molecule has 0 rings (SSSR count). The molecule has 37 heavy (non-hydrogen) atoms. The minimum absolute atomic E-state index is 0.0620. The molecule has 0 spiro atoms. The molecule has 3 nitrogen and oxygen atoms in total. The van der Waals surface area contributed by atoms with Gasteiger partial charge in [-0.2, -0.15) is 0 Å². The zero-order valence-electron chi connectivity index (χ0n) is 25.4. The van der Waals surface area contributed by atoms with Crippen LogP contribution in [0.4, 0.5) is 0 Å². The fourth-order valence-corrected chi connectivity index (χ4v) is 6.15. The maximum atomic E-state index is 10.8. The molecule has 224 valence electrons. The highest BCUT2D eigenvalue weighted by atomic mass is 31.2. The van der Waals surface area contributed by atoms with Crippen molar-refractivity contribution in [2.45, 2.75) is 206 Å². The lowest BCUT2D eigenvalue weighted by atomic mass is 10.0. The lowest BCUT2D eigenvalue weighted by Crippen LogP contribution is -1.88. The second-order valence-corrected chi connectivity index (χ2v) is 13.8. The van der Waals surface area contributed by atoms with Gasteiger partial charge in [-0.15, -0.1) is 0 Å². The van der Waals surface area contributed by atoms with Crippen LogP contribution in [0.3, 0.4) is 0 Å². The molecule has 0 aromatic carbocycles. The summed E-state index contributed by atoms with van der Waals surface area (Å²) in [6.45, 7) is 2.30. The Bertz CT molecular complexity index is 462. The quantitative estimate of drug-likeness (QED) is 0.0654. The van der Waals surface area contributed by atoms with Gasteiger partial charge in [0, 0.05) is 6.16 Å². The summed E-state index contributed by atoms with van der Waals surface area (Å²) in [7, 11) is -3.77. The molecule has 0 amide bonds. The van der Waals surface area contributed by atoms with E-state index in [2.05, 4.69) is 6.92 Å². The number of hydrogen-bond donors (Lipinski definition) is 2. The minimum Gasteiger partial charge on any atom is -0.324 e. The summed E-state index contributed by atoms with van der Waals surface area (Å²) in [6, 6.07) is 0. The summed E-state index contributed by atoms with van der Waals surface area (Å²) in [4.78, 5) is 17.7. The van der Waals surface area contributed by atoms with Crippen LogP contribution in [-0.4, -0.2) is 15.9 Å². The Morgan fingerprint density at radius 1 is 0.324 bits per heavy atom. The highest BCUT2D eigenvalue weighted by molar-refractivity contribution is 7.51. The van der Waals surface area contributed by atoms with E-state index >= 15 is 0 Å². The van der Waals surface area contributed by atoms with Crippen LogP contribution < -0.4 is 0 Å². The SMILES string of the molecule is CCCCCCCCCCCCCCCCCCCCCCCCCCCCCCCCCP(=O)(O)O. The van der Waals surface area contributed by atoms with Crippen LogP contribution in [0.1, 0.15) is 206 Å². The average Bonchev–Trinajstić information content (AvgIpc) is 2.86. The summed E-state index contributed by atoms with van der Waals surface area (Å²) in [6.07, 6.45) is 42.8. The molecule has 0 unspecified atom stereocenters. The van der Waals surface area contributed by atoms with E-state index in [1.165, 1.54) is 180 Å². The second kappa shape index (κ2) is 30.7. The molecule has 0 aromatic rings. The lowest BCUT2D eigenvalue weighted by molar-refractivity contribution is 0.370. The summed E-state index contributed by atoms with van der Waals surface area (Å²) in [5.41, 5.74) is 0. The summed E-state index contributed by atoms with van der Waals surface area (Å²) in [5, 5.41) is 0. The Labute approximate surface area is 233 Å². The zero-order valence-corrected chi connectivity index (χ0v) is 26.3. The van der Waals surface area contributed by atoms with Gasteiger partial charge in [-0.25, -0.2) is 0 Å². The standard InChI is InChI=1S/C33H69O3P/c1-2-3-4-5-6-7-8-9-10-11-12-13-14-15-16-17-18-19-20-21-22-23-24-25-26-27-28-29-30-31-32-33-37(34,35)36/h2-33H2,1H3,(H2,34,35,36). The number of rotatable bonds is 32. The molecule has 0 bridgehead atoms. The fourth-order valence-electron chi connectivity index (χ4n) is 5.52. The first-order valence-electron chi connectivity index (χ1n) is 17.1. The summed E-state index contributed by atoms with van der Waals surface area (Å²) in [5.74, 6) is 0. The van der Waals surface area contributed by atoms with Crippen molar-refractivity contribution >= 4 is 7.60 Å². The Kier molecular flexibility index (Phi) is 30.8. The first-order chi connectivity index (χ1) is 18.1. The number of unbranched alkanes of at least 4 members (excludes halogenated alkanes) is 30. The van der Waals surface area contributed by atoms with Gasteiger partial charge in [0.25, 0.3) is 0 Å². The van der Waals surface area contributed by atoms with E-state index in [1.807, 2.05) is 0 Å². The molecule has 0 aliphatic carbocycles.